The average molecular weight is 264 g/mol. The van der Waals surface area contributed by atoms with E-state index in [0.717, 1.165) is 11.3 Å². The summed E-state index contributed by atoms with van der Waals surface area (Å²) in [5, 5.41) is 25.7. The summed E-state index contributed by atoms with van der Waals surface area (Å²) in [6.45, 7) is 0.652. The van der Waals surface area contributed by atoms with Crippen LogP contribution in [0.1, 0.15) is 30.1 Å². The fourth-order valence-electron chi connectivity index (χ4n) is 2.26. The molecule has 1 heterocycles. The van der Waals surface area contributed by atoms with Crippen LogP contribution in [0.25, 0.3) is 0 Å². The Hall–Kier alpha value is -1.43. The van der Waals surface area contributed by atoms with Crippen molar-refractivity contribution in [1.82, 2.24) is 5.32 Å². The van der Waals surface area contributed by atoms with E-state index in [2.05, 4.69) is 10.6 Å². The number of fused-ring (bicyclic) bond motifs is 1. The normalized spacial score (nSPS) is 17.5. The zero-order valence-corrected chi connectivity index (χ0v) is 11.0. The molecule has 4 N–H and O–H groups in total. The van der Waals surface area contributed by atoms with Crippen molar-refractivity contribution in [2.24, 2.45) is 0 Å². The van der Waals surface area contributed by atoms with Crippen molar-refractivity contribution >= 4 is 11.6 Å². The number of hydrogen-bond acceptors (Lipinski definition) is 4. The molecule has 2 unspecified atom stereocenters. The molecule has 19 heavy (non-hydrogen) atoms. The van der Waals surface area contributed by atoms with Crippen LogP contribution in [0.3, 0.4) is 0 Å². The Bertz CT molecular complexity index is 462. The van der Waals surface area contributed by atoms with Crippen molar-refractivity contribution in [3.63, 3.8) is 0 Å². The molecule has 1 aromatic rings. The minimum atomic E-state index is -0.892. The first-order chi connectivity index (χ1) is 9.11. The molecule has 5 nitrogen and oxygen atoms in total. The van der Waals surface area contributed by atoms with Crippen LogP contribution in [-0.4, -0.2) is 35.8 Å². The number of aliphatic hydroxyl groups is 2. The second-order valence-corrected chi connectivity index (χ2v) is 4.87. The highest BCUT2D eigenvalue weighted by atomic mass is 16.3. The second-order valence-electron chi connectivity index (χ2n) is 4.87. The quantitative estimate of drug-likeness (QED) is 0.627. The van der Waals surface area contributed by atoms with Crippen LogP contribution in [0, 0.1) is 0 Å². The first kappa shape index (κ1) is 14.0. The SMILES string of the molecule is CNCCC(O)C(O)c1ccc2c(c1)CCC(=O)N2. The van der Waals surface area contributed by atoms with Gasteiger partial charge < -0.3 is 20.8 Å². The summed E-state index contributed by atoms with van der Waals surface area (Å²) in [4.78, 5) is 11.3. The molecule has 2 atom stereocenters. The maximum Gasteiger partial charge on any atom is 0.224 e. The Morgan fingerprint density at radius 1 is 1.37 bits per heavy atom. The fourth-order valence-corrected chi connectivity index (χ4v) is 2.26. The zero-order chi connectivity index (χ0) is 13.8. The molecule has 0 bridgehead atoms. The molecule has 0 saturated carbocycles. The molecule has 1 aliphatic heterocycles. The van der Waals surface area contributed by atoms with Crippen molar-refractivity contribution in [1.29, 1.82) is 0 Å². The largest absolute Gasteiger partial charge is 0.390 e. The number of amides is 1. The molecule has 1 amide bonds. The lowest BCUT2D eigenvalue weighted by Crippen LogP contribution is -2.24. The van der Waals surface area contributed by atoms with Gasteiger partial charge in [0.25, 0.3) is 0 Å². The highest BCUT2D eigenvalue weighted by Gasteiger charge is 2.21. The van der Waals surface area contributed by atoms with E-state index in [4.69, 9.17) is 0 Å². The van der Waals surface area contributed by atoms with E-state index in [1.54, 1.807) is 19.2 Å². The lowest BCUT2D eigenvalue weighted by atomic mass is 9.95. The standard InChI is InChI=1S/C14H20N2O3/c1-15-7-6-12(17)14(19)10-2-4-11-9(8-10)3-5-13(18)16-11/h2,4,8,12,14-15,17,19H,3,5-7H2,1H3,(H,16,18). The van der Waals surface area contributed by atoms with Gasteiger partial charge in [0.15, 0.2) is 0 Å². The number of benzene rings is 1. The van der Waals surface area contributed by atoms with E-state index >= 15 is 0 Å². The van der Waals surface area contributed by atoms with Gasteiger partial charge in [0.2, 0.25) is 5.91 Å². The lowest BCUT2D eigenvalue weighted by Gasteiger charge is -2.22. The Labute approximate surface area is 112 Å². The molecular formula is C14H20N2O3. The summed E-state index contributed by atoms with van der Waals surface area (Å²) in [6, 6.07) is 5.40. The third-order valence-corrected chi connectivity index (χ3v) is 3.42. The van der Waals surface area contributed by atoms with E-state index < -0.39 is 12.2 Å². The molecular weight excluding hydrogens is 244 g/mol. The minimum Gasteiger partial charge on any atom is -0.390 e. The van der Waals surface area contributed by atoms with Gasteiger partial charge in [-0.15, -0.1) is 0 Å². The molecule has 0 aliphatic carbocycles. The zero-order valence-electron chi connectivity index (χ0n) is 11.0. The highest BCUT2D eigenvalue weighted by Crippen LogP contribution is 2.27. The van der Waals surface area contributed by atoms with Crippen LogP contribution in [0.15, 0.2) is 18.2 Å². The summed E-state index contributed by atoms with van der Waals surface area (Å²) in [5.41, 5.74) is 2.51. The first-order valence-corrected chi connectivity index (χ1v) is 6.55. The van der Waals surface area contributed by atoms with Crippen molar-refractivity contribution in [3.05, 3.63) is 29.3 Å². The maximum atomic E-state index is 11.3. The maximum absolute atomic E-state index is 11.3. The van der Waals surface area contributed by atoms with E-state index in [0.29, 0.717) is 31.4 Å². The molecule has 0 saturated heterocycles. The lowest BCUT2D eigenvalue weighted by molar-refractivity contribution is -0.116. The van der Waals surface area contributed by atoms with Crippen molar-refractivity contribution < 1.29 is 15.0 Å². The van der Waals surface area contributed by atoms with Gasteiger partial charge in [-0.05, 0) is 43.6 Å². The number of anilines is 1. The molecule has 0 aromatic heterocycles. The van der Waals surface area contributed by atoms with Crippen molar-refractivity contribution in [3.8, 4) is 0 Å². The molecule has 0 radical (unpaired) electrons. The van der Waals surface area contributed by atoms with Gasteiger partial charge in [-0.2, -0.15) is 0 Å². The topological polar surface area (TPSA) is 81.6 Å². The predicted molar refractivity (Wildman–Crippen MR) is 72.9 cm³/mol. The number of carbonyl (C=O) groups is 1. The van der Waals surface area contributed by atoms with Gasteiger partial charge in [-0.1, -0.05) is 12.1 Å². The summed E-state index contributed by atoms with van der Waals surface area (Å²) in [6.07, 6.45) is -0.0470. The van der Waals surface area contributed by atoms with Crippen molar-refractivity contribution in [2.75, 3.05) is 18.9 Å². The van der Waals surface area contributed by atoms with E-state index in [9.17, 15) is 15.0 Å². The third-order valence-electron chi connectivity index (χ3n) is 3.42. The Balaban J connectivity index is 2.11. The molecule has 5 heteroatoms. The highest BCUT2D eigenvalue weighted by molar-refractivity contribution is 5.93. The van der Waals surface area contributed by atoms with E-state index in [1.807, 2.05) is 6.07 Å². The smallest absolute Gasteiger partial charge is 0.224 e. The monoisotopic (exact) mass is 264 g/mol. The Kier molecular flexibility index (Phi) is 4.52. The molecule has 0 fully saturated rings. The average Bonchev–Trinajstić information content (AvgIpc) is 2.43. The molecule has 2 rings (SSSR count). The van der Waals surface area contributed by atoms with E-state index in [1.165, 1.54) is 0 Å². The van der Waals surface area contributed by atoms with Crippen LogP contribution in [0.4, 0.5) is 5.69 Å². The molecule has 0 spiro atoms. The second kappa shape index (κ2) is 6.14. The summed E-state index contributed by atoms with van der Waals surface area (Å²) < 4.78 is 0. The number of aryl methyl sites for hydroxylation is 1. The van der Waals surface area contributed by atoms with Crippen LogP contribution in [-0.2, 0) is 11.2 Å². The van der Waals surface area contributed by atoms with Gasteiger partial charge in [-0.3, -0.25) is 4.79 Å². The van der Waals surface area contributed by atoms with Crippen LogP contribution < -0.4 is 10.6 Å². The summed E-state index contributed by atoms with van der Waals surface area (Å²) in [7, 11) is 1.81. The van der Waals surface area contributed by atoms with Gasteiger partial charge in [-0.25, -0.2) is 0 Å². The van der Waals surface area contributed by atoms with Gasteiger partial charge in [0.05, 0.1) is 6.10 Å². The number of aliphatic hydroxyl groups excluding tert-OH is 2. The van der Waals surface area contributed by atoms with Gasteiger partial charge >= 0.3 is 0 Å². The Morgan fingerprint density at radius 2 is 2.16 bits per heavy atom. The number of rotatable bonds is 5. The van der Waals surface area contributed by atoms with Crippen LogP contribution in [0.5, 0.6) is 0 Å². The van der Waals surface area contributed by atoms with Gasteiger partial charge in [0.1, 0.15) is 6.10 Å². The summed E-state index contributed by atoms with van der Waals surface area (Å²) >= 11 is 0. The van der Waals surface area contributed by atoms with E-state index in [-0.39, 0.29) is 5.91 Å². The number of nitrogens with one attached hydrogen (secondary N) is 2. The van der Waals surface area contributed by atoms with Gasteiger partial charge in [0, 0.05) is 12.1 Å². The molecule has 1 aromatic carbocycles. The van der Waals surface area contributed by atoms with Crippen molar-refractivity contribution in [2.45, 2.75) is 31.5 Å². The predicted octanol–water partition coefficient (Wildman–Crippen LogP) is 0.575. The first-order valence-electron chi connectivity index (χ1n) is 6.55. The molecule has 104 valence electrons. The third kappa shape index (κ3) is 3.32. The van der Waals surface area contributed by atoms with Crippen LogP contribution >= 0.6 is 0 Å². The summed E-state index contributed by atoms with van der Waals surface area (Å²) in [5.74, 6) is 0.0230. The van der Waals surface area contributed by atoms with Crippen LogP contribution in [0.2, 0.25) is 0 Å². The molecule has 1 aliphatic rings. The Morgan fingerprint density at radius 3 is 2.89 bits per heavy atom. The fraction of sp³-hybridized carbons (Fsp3) is 0.500. The minimum absolute atomic E-state index is 0.0230. The number of hydrogen-bond donors (Lipinski definition) is 4. The number of carbonyl (C=O) groups excluding carboxylic acids is 1.